The smallest absolute Gasteiger partial charge is 0.306 e. The highest BCUT2D eigenvalue weighted by Gasteiger charge is 2.36. The fourth-order valence-electron chi connectivity index (χ4n) is 3.60. The number of carbonyl (C=O) groups excluding carboxylic acids is 2. The summed E-state index contributed by atoms with van der Waals surface area (Å²) in [5.74, 6) is -2.32. The predicted octanol–water partition coefficient (Wildman–Crippen LogP) is 3.58. The molecular weight excluding hydrogens is 391 g/mol. The Balaban J connectivity index is 1.55. The zero-order valence-electron chi connectivity index (χ0n) is 16.0. The standard InChI is InChI=1S/C21H17FN4O4/c1-12-4-7-17(15-3-2-8-23-20(12)15)24-21(28)13-9-19(27)25(11-13)14-5-6-16(22)18(10-14)26(29)30/h2-8,10,13H,9,11H2,1H3,(H,24,28). The number of nitrogens with zero attached hydrogens (tertiary/aromatic N) is 3. The van der Waals surface area contributed by atoms with E-state index in [0.717, 1.165) is 28.6 Å². The molecule has 4 rings (SSSR count). The van der Waals surface area contributed by atoms with Gasteiger partial charge in [0.25, 0.3) is 0 Å². The van der Waals surface area contributed by atoms with Crippen molar-refractivity contribution in [2.45, 2.75) is 13.3 Å². The average Bonchev–Trinajstić information content (AvgIpc) is 3.12. The Morgan fingerprint density at radius 3 is 2.87 bits per heavy atom. The van der Waals surface area contributed by atoms with E-state index in [4.69, 9.17) is 0 Å². The Morgan fingerprint density at radius 1 is 1.30 bits per heavy atom. The molecule has 2 amide bonds. The highest BCUT2D eigenvalue weighted by atomic mass is 19.1. The lowest BCUT2D eigenvalue weighted by atomic mass is 10.1. The maximum Gasteiger partial charge on any atom is 0.306 e. The van der Waals surface area contributed by atoms with Crippen LogP contribution in [0.2, 0.25) is 0 Å². The number of rotatable bonds is 4. The molecule has 2 heterocycles. The summed E-state index contributed by atoms with van der Waals surface area (Å²) in [4.78, 5) is 41.0. The van der Waals surface area contributed by atoms with Crippen LogP contribution in [0, 0.1) is 28.8 Å². The third-order valence-corrected chi connectivity index (χ3v) is 5.16. The van der Waals surface area contributed by atoms with E-state index in [9.17, 15) is 24.1 Å². The number of anilines is 2. The Bertz CT molecular complexity index is 1200. The first-order valence-electron chi connectivity index (χ1n) is 9.24. The molecule has 1 saturated heterocycles. The minimum absolute atomic E-state index is 0.0426. The number of nitrogens with one attached hydrogen (secondary N) is 1. The van der Waals surface area contributed by atoms with E-state index in [2.05, 4.69) is 10.3 Å². The van der Waals surface area contributed by atoms with E-state index < -0.39 is 22.3 Å². The molecule has 1 aliphatic rings. The summed E-state index contributed by atoms with van der Waals surface area (Å²) in [7, 11) is 0. The van der Waals surface area contributed by atoms with Crippen LogP contribution < -0.4 is 10.2 Å². The van der Waals surface area contributed by atoms with Crippen molar-refractivity contribution >= 4 is 39.8 Å². The second-order valence-corrected chi connectivity index (χ2v) is 7.12. The molecule has 0 radical (unpaired) electrons. The Hall–Kier alpha value is -3.88. The van der Waals surface area contributed by atoms with Gasteiger partial charge in [0.05, 0.1) is 27.7 Å². The fraction of sp³-hybridized carbons (Fsp3) is 0.190. The summed E-state index contributed by atoms with van der Waals surface area (Å²) < 4.78 is 13.6. The highest BCUT2D eigenvalue weighted by Crippen LogP contribution is 2.31. The molecule has 0 aliphatic carbocycles. The highest BCUT2D eigenvalue weighted by molar-refractivity contribution is 6.07. The van der Waals surface area contributed by atoms with Crippen LogP contribution in [0.25, 0.3) is 10.9 Å². The molecule has 1 fully saturated rings. The quantitative estimate of drug-likeness (QED) is 0.525. The van der Waals surface area contributed by atoms with Crippen molar-refractivity contribution in [3.8, 4) is 0 Å². The molecule has 0 saturated carbocycles. The molecule has 1 N–H and O–H groups in total. The van der Waals surface area contributed by atoms with E-state index in [1.54, 1.807) is 18.3 Å². The summed E-state index contributed by atoms with van der Waals surface area (Å²) in [5, 5.41) is 14.6. The number of benzene rings is 2. The largest absolute Gasteiger partial charge is 0.325 e. The van der Waals surface area contributed by atoms with Crippen molar-refractivity contribution in [2.24, 2.45) is 5.92 Å². The van der Waals surface area contributed by atoms with E-state index >= 15 is 0 Å². The van der Waals surface area contributed by atoms with Gasteiger partial charge in [-0.3, -0.25) is 24.7 Å². The van der Waals surface area contributed by atoms with Gasteiger partial charge >= 0.3 is 5.69 Å². The van der Waals surface area contributed by atoms with Crippen molar-refractivity contribution < 1.29 is 18.9 Å². The summed E-state index contributed by atoms with van der Waals surface area (Å²) in [6.07, 6.45) is 1.63. The van der Waals surface area contributed by atoms with Crippen LogP contribution in [-0.2, 0) is 9.59 Å². The average molecular weight is 408 g/mol. The second kappa shape index (κ2) is 7.51. The molecule has 30 heavy (non-hydrogen) atoms. The van der Waals surface area contributed by atoms with Gasteiger partial charge < -0.3 is 10.2 Å². The number of halogens is 1. The van der Waals surface area contributed by atoms with Crippen LogP contribution in [0.3, 0.4) is 0 Å². The molecule has 3 aromatic rings. The molecule has 1 aliphatic heterocycles. The first-order valence-corrected chi connectivity index (χ1v) is 9.24. The zero-order valence-corrected chi connectivity index (χ0v) is 16.0. The summed E-state index contributed by atoms with van der Waals surface area (Å²) in [6, 6.07) is 10.5. The molecule has 8 nitrogen and oxygen atoms in total. The topological polar surface area (TPSA) is 105 Å². The van der Waals surface area contributed by atoms with Crippen LogP contribution in [-0.4, -0.2) is 28.3 Å². The van der Waals surface area contributed by atoms with Crippen molar-refractivity contribution in [1.82, 2.24) is 4.98 Å². The molecule has 2 aromatic carbocycles. The molecule has 1 atom stereocenters. The Kier molecular flexibility index (Phi) is 4.86. The maximum atomic E-state index is 13.6. The van der Waals surface area contributed by atoms with Crippen molar-refractivity contribution in [2.75, 3.05) is 16.8 Å². The Morgan fingerprint density at radius 2 is 2.10 bits per heavy atom. The van der Waals surface area contributed by atoms with Gasteiger partial charge in [-0.15, -0.1) is 0 Å². The van der Waals surface area contributed by atoms with Crippen LogP contribution in [0.1, 0.15) is 12.0 Å². The number of nitro groups is 1. The lowest BCUT2D eigenvalue weighted by molar-refractivity contribution is -0.387. The van der Waals surface area contributed by atoms with Crippen molar-refractivity contribution in [3.63, 3.8) is 0 Å². The fourth-order valence-corrected chi connectivity index (χ4v) is 3.60. The first kappa shape index (κ1) is 19.4. The van der Waals surface area contributed by atoms with E-state index in [-0.39, 0.29) is 30.5 Å². The van der Waals surface area contributed by atoms with Crippen molar-refractivity contribution in [1.29, 1.82) is 0 Å². The van der Waals surface area contributed by atoms with Gasteiger partial charge in [-0.2, -0.15) is 4.39 Å². The van der Waals surface area contributed by atoms with Crippen LogP contribution in [0.15, 0.2) is 48.7 Å². The number of aromatic nitrogens is 1. The van der Waals surface area contributed by atoms with Crippen LogP contribution >= 0.6 is 0 Å². The lowest BCUT2D eigenvalue weighted by Gasteiger charge is -2.17. The Labute approximate surface area is 170 Å². The van der Waals surface area contributed by atoms with Gasteiger partial charge in [0.2, 0.25) is 17.6 Å². The normalized spacial score (nSPS) is 16.1. The summed E-state index contributed by atoms with van der Waals surface area (Å²) in [5.41, 5.74) is 1.82. The van der Waals surface area contributed by atoms with Crippen LogP contribution in [0.4, 0.5) is 21.5 Å². The third kappa shape index (κ3) is 3.45. The van der Waals surface area contributed by atoms with Gasteiger partial charge in [0.15, 0.2) is 0 Å². The number of hydrogen-bond donors (Lipinski definition) is 1. The lowest BCUT2D eigenvalue weighted by Crippen LogP contribution is -2.28. The third-order valence-electron chi connectivity index (χ3n) is 5.16. The van der Waals surface area contributed by atoms with E-state index in [0.29, 0.717) is 5.69 Å². The first-order chi connectivity index (χ1) is 14.3. The number of amides is 2. The van der Waals surface area contributed by atoms with Crippen molar-refractivity contribution in [3.05, 3.63) is 70.2 Å². The molecule has 9 heteroatoms. The number of fused-ring (bicyclic) bond motifs is 1. The number of hydrogen-bond acceptors (Lipinski definition) is 5. The monoisotopic (exact) mass is 408 g/mol. The molecule has 0 bridgehead atoms. The summed E-state index contributed by atoms with van der Waals surface area (Å²) >= 11 is 0. The molecule has 0 spiro atoms. The van der Waals surface area contributed by atoms with Gasteiger partial charge in [0, 0.05) is 30.6 Å². The SMILES string of the molecule is Cc1ccc(NC(=O)C2CC(=O)N(c3ccc(F)c([N+](=O)[O-])c3)C2)c2cccnc12. The van der Waals surface area contributed by atoms with Gasteiger partial charge in [-0.25, -0.2) is 0 Å². The number of pyridine rings is 1. The van der Waals surface area contributed by atoms with E-state index in [1.807, 2.05) is 19.1 Å². The van der Waals surface area contributed by atoms with E-state index in [1.165, 1.54) is 11.0 Å². The zero-order chi connectivity index (χ0) is 21.4. The van der Waals surface area contributed by atoms with Crippen LogP contribution in [0.5, 0.6) is 0 Å². The second-order valence-electron chi connectivity index (χ2n) is 7.12. The molecule has 1 unspecified atom stereocenters. The number of aryl methyl sites for hydroxylation is 1. The molecule has 152 valence electrons. The van der Waals surface area contributed by atoms with Gasteiger partial charge in [0.1, 0.15) is 0 Å². The number of carbonyl (C=O) groups is 2. The summed E-state index contributed by atoms with van der Waals surface area (Å²) in [6.45, 7) is 1.98. The molecular formula is C21H17FN4O4. The number of nitro benzene ring substituents is 1. The molecule has 1 aromatic heterocycles. The predicted molar refractivity (Wildman–Crippen MR) is 109 cm³/mol. The minimum atomic E-state index is -0.982. The maximum absolute atomic E-state index is 13.6. The minimum Gasteiger partial charge on any atom is -0.325 e. The van der Waals surface area contributed by atoms with Gasteiger partial charge in [-0.1, -0.05) is 6.07 Å². The van der Waals surface area contributed by atoms with Gasteiger partial charge in [-0.05, 0) is 42.8 Å².